The third-order valence-corrected chi connectivity index (χ3v) is 3.26. The summed E-state index contributed by atoms with van der Waals surface area (Å²) in [5, 5.41) is 0. The fourth-order valence-corrected chi connectivity index (χ4v) is 2.29. The molecule has 4 heteroatoms. The van der Waals surface area contributed by atoms with Crippen LogP contribution in [0.4, 0.5) is 10.1 Å². The molecule has 0 unspecified atom stereocenters. The largest absolute Gasteiger partial charge is 0.399 e. The Morgan fingerprint density at radius 3 is 2.61 bits per heavy atom. The quantitative estimate of drug-likeness (QED) is 0.695. The maximum Gasteiger partial charge on any atom is 0.168 e. The molecule has 18 heavy (non-hydrogen) atoms. The molecule has 2 aromatic rings. The molecule has 0 bridgehead atoms. The van der Waals surface area contributed by atoms with Gasteiger partial charge in [0.05, 0.1) is 0 Å². The molecule has 0 amide bonds. The number of rotatable bonds is 3. The lowest BCUT2D eigenvalue weighted by atomic mass is 10.0. The van der Waals surface area contributed by atoms with E-state index in [0.29, 0.717) is 21.3 Å². The standard InChI is InChI=1S/C14H11BrFNO/c15-12-8-10(17)5-6-11(12)14(18)7-9-3-1-2-4-13(9)16/h1-6,8H,7,17H2. The second-order valence-electron chi connectivity index (χ2n) is 3.93. The summed E-state index contributed by atoms with van der Waals surface area (Å²) < 4.78 is 14.1. The first-order chi connectivity index (χ1) is 8.58. The van der Waals surface area contributed by atoms with Crippen LogP contribution in [0.3, 0.4) is 0 Å². The van der Waals surface area contributed by atoms with Gasteiger partial charge in [-0.1, -0.05) is 18.2 Å². The van der Waals surface area contributed by atoms with E-state index in [0.717, 1.165) is 0 Å². The summed E-state index contributed by atoms with van der Waals surface area (Å²) in [6.45, 7) is 0. The number of anilines is 1. The summed E-state index contributed by atoms with van der Waals surface area (Å²) in [7, 11) is 0. The van der Waals surface area contributed by atoms with E-state index < -0.39 is 0 Å². The van der Waals surface area contributed by atoms with Crippen LogP contribution in [0.15, 0.2) is 46.9 Å². The predicted molar refractivity (Wildman–Crippen MR) is 73.0 cm³/mol. The summed E-state index contributed by atoms with van der Waals surface area (Å²) >= 11 is 3.29. The molecular formula is C14H11BrFNO. The first-order valence-corrected chi connectivity index (χ1v) is 6.19. The molecule has 0 saturated carbocycles. The van der Waals surface area contributed by atoms with Crippen molar-refractivity contribution in [1.82, 2.24) is 0 Å². The number of Topliss-reactive ketones (excluding diaryl/α,β-unsaturated/α-hetero) is 1. The van der Waals surface area contributed by atoms with E-state index in [4.69, 9.17) is 5.73 Å². The van der Waals surface area contributed by atoms with Gasteiger partial charge in [-0.25, -0.2) is 4.39 Å². The second kappa shape index (κ2) is 5.31. The molecule has 0 spiro atoms. The summed E-state index contributed by atoms with van der Waals surface area (Å²) in [6.07, 6.45) is 0.0369. The van der Waals surface area contributed by atoms with Crippen molar-refractivity contribution in [2.75, 3.05) is 5.73 Å². The number of benzene rings is 2. The van der Waals surface area contributed by atoms with Crippen molar-refractivity contribution >= 4 is 27.4 Å². The Balaban J connectivity index is 2.25. The highest BCUT2D eigenvalue weighted by molar-refractivity contribution is 9.10. The van der Waals surface area contributed by atoms with E-state index >= 15 is 0 Å². The highest BCUT2D eigenvalue weighted by atomic mass is 79.9. The van der Waals surface area contributed by atoms with Crippen LogP contribution in [0.2, 0.25) is 0 Å². The second-order valence-corrected chi connectivity index (χ2v) is 4.78. The van der Waals surface area contributed by atoms with E-state index in [9.17, 15) is 9.18 Å². The van der Waals surface area contributed by atoms with Crippen molar-refractivity contribution in [3.63, 3.8) is 0 Å². The van der Waals surface area contributed by atoms with Crippen LogP contribution in [0, 0.1) is 5.82 Å². The molecule has 0 aliphatic heterocycles. The minimum absolute atomic E-state index is 0.0369. The maximum atomic E-state index is 13.4. The Kier molecular flexibility index (Phi) is 3.77. The van der Waals surface area contributed by atoms with Crippen molar-refractivity contribution in [3.8, 4) is 0 Å². The topological polar surface area (TPSA) is 43.1 Å². The molecule has 0 heterocycles. The Morgan fingerprint density at radius 2 is 1.94 bits per heavy atom. The normalized spacial score (nSPS) is 10.3. The summed E-state index contributed by atoms with van der Waals surface area (Å²) in [4.78, 5) is 12.1. The zero-order valence-electron chi connectivity index (χ0n) is 9.49. The van der Waals surface area contributed by atoms with Gasteiger partial charge < -0.3 is 5.73 Å². The average molecular weight is 308 g/mol. The SMILES string of the molecule is Nc1ccc(C(=O)Cc2ccccc2F)c(Br)c1. The molecule has 2 rings (SSSR count). The molecule has 0 fully saturated rings. The first-order valence-electron chi connectivity index (χ1n) is 5.39. The lowest BCUT2D eigenvalue weighted by Crippen LogP contribution is -2.06. The molecule has 0 atom stereocenters. The third-order valence-electron chi connectivity index (χ3n) is 2.60. The Morgan fingerprint density at radius 1 is 1.22 bits per heavy atom. The molecule has 2 nitrogen and oxygen atoms in total. The summed E-state index contributed by atoms with van der Waals surface area (Å²) in [6, 6.07) is 11.2. The lowest BCUT2D eigenvalue weighted by Gasteiger charge is -2.05. The summed E-state index contributed by atoms with van der Waals surface area (Å²) in [5.41, 5.74) is 7.08. The van der Waals surface area contributed by atoms with E-state index in [-0.39, 0.29) is 18.0 Å². The van der Waals surface area contributed by atoms with Crippen molar-refractivity contribution < 1.29 is 9.18 Å². The van der Waals surface area contributed by atoms with Gasteiger partial charge >= 0.3 is 0 Å². The van der Waals surface area contributed by atoms with Crippen LogP contribution in [-0.2, 0) is 6.42 Å². The Labute approximate surface area is 113 Å². The highest BCUT2D eigenvalue weighted by Gasteiger charge is 2.13. The summed E-state index contributed by atoms with van der Waals surface area (Å²) in [5.74, 6) is -0.510. The van der Waals surface area contributed by atoms with Gasteiger partial charge in [0.15, 0.2) is 5.78 Å². The number of nitrogens with two attached hydrogens (primary N) is 1. The number of carbonyl (C=O) groups is 1. The lowest BCUT2D eigenvalue weighted by molar-refractivity contribution is 0.0991. The molecule has 2 aromatic carbocycles. The number of ketones is 1. The van der Waals surface area contributed by atoms with Gasteiger partial charge in [0.2, 0.25) is 0 Å². The smallest absolute Gasteiger partial charge is 0.168 e. The highest BCUT2D eigenvalue weighted by Crippen LogP contribution is 2.22. The number of nitrogen functional groups attached to an aromatic ring is 1. The van der Waals surface area contributed by atoms with Crippen LogP contribution >= 0.6 is 15.9 Å². The molecule has 0 aliphatic carbocycles. The van der Waals surface area contributed by atoms with Crippen LogP contribution in [0.5, 0.6) is 0 Å². The van der Waals surface area contributed by atoms with Gasteiger partial charge in [-0.2, -0.15) is 0 Å². The number of hydrogen-bond acceptors (Lipinski definition) is 2. The monoisotopic (exact) mass is 307 g/mol. The molecule has 2 N–H and O–H groups in total. The van der Waals surface area contributed by atoms with Gasteiger partial charge in [-0.15, -0.1) is 0 Å². The van der Waals surface area contributed by atoms with E-state index in [1.165, 1.54) is 6.07 Å². The van der Waals surface area contributed by atoms with Crippen LogP contribution in [0.25, 0.3) is 0 Å². The van der Waals surface area contributed by atoms with Gasteiger partial charge in [0.1, 0.15) is 5.82 Å². The van der Waals surface area contributed by atoms with E-state index in [2.05, 4.69) is 15.9 Å². The minimum atomic E-state index is -0.364. The zero-order valence-corrected chi connectivity index (χ0v) is 11.1. The number of halogens is 2. The predicted octanol–water partition coefficient (Wildman–Crippen LogP) is 3.60. The zero-order chi connectivity index (χ0) is 13.1. The van der Waals surface area contributed by atoms with Crippen LogP contribution in [-0.4, -0.2) is 5.78 Å². The molecule has 92 valence electrons. The average Bonchev–Trinajstić information content (AvgIpc) is 2.32. The van der Waals surface area contributed by atoms with E-state index in [1.807, 2.05) is 0 Å². The molecule has 0 aliphatic rings. The van der Waals surface area contributed by atoms with Gasteiger partial charge in [-0.3, -0.25) is 4.79 Å². The number of carbonyl (C=O) groups excluding carboxylic acids is 1. The number of hydrogen-bond donors (Lipinski definition) is 1. The first kappa shape index (κ1) is 12.8. The van der Waals surface area contributed by atoms with Crippen molar-refractivity contribution in [3.05, 3.63) is 63.9 Å². The van der Waals surface area contributed by atoms with Gasteiger partial charge in [0.25, 0.3) is 0 Å². The fourth-order valence-electron chi connectivity index (χ4n) is 1.67. The Bertz CT molecular complexity index is 598. The molecule has 0 radical (unpaired) electrons. The van der Waals surface area contributed by atoms with Crippen LogP contribution < -0.4 is 5.73 Å². The van der Waals surface area contributed by atoms with E-state index in [1.54, 1.807) is 36.4 Å². The minimum Gasteiger partial charge on any atom is -0.399 e. The van der Waals surface area contributed by atoms with Gasteiger partial charge in [-0.05, 0) is 45.8 Å². The third kappa shape index (κ3) is 2.76. The maximum absolute atomic E-state index is 13.4. The Hall–Kier alpha value is -1.68. The molecular weight excluding hydrogens is 297 g/mol. The van der Waals surface area contributed by atoms with Crippen molar-refractivity contribution in [1.29, 1.82) is 0 Å². The van der Waals surface area contributed by atoms with Crippen molar-refractivity contribution in [2.24, 2.45) is 0 Å². The molecule has 0 saturated heterocycles. The van der Waals surface area contributed by atoms with Crippen LogP contribution in [0.1, 0.15) is 15.9 Å². The van der Waals surface area contributed by atoms with Gasteiger partial charge in [0, 0.05) is 22.1 Å². The fraction of sp³-hybridized carbons (Fsp3) is 0.0714. The van der Waals surface area contributed by atoms with Crippen molar-refractivity contribution in [2.45, 2.75) is 6.42 Å². The molecule has 0 aromatic heterocycles.